The minimum Gasteiger partial charge on any atom is -0.465 e. The Kier molecular flexibility index (Phi) is 3.00. The fourth-order valence-corrected chi connectivity index (χ4v) is 2.13. The monoisotopic (exact) mass is 273 g/mol. The van der Waals surface area contributed by atoms with Crippen molar-refractivity contribution in [3.63, 3.8) is 0 Å². The van der Waals surface area contributed by atoms with Gasteiger partial charge in [-0.15, -0.1) is 0 Å². The lowest BCUT2D eigenvalue weighted by molar-refractivity contribution is -0.146. The topological polar surface area (TPSA) is 78.1 Å². The minimum atomic E-state index is -0.732. The van der Waals surface area contributed by atoms with Crippen molar-refractivity contribution in [3.8, 4) is 11.5 Å². The van der Waals surface area contributed by atoms with Crippen molar-refractivity contribution in [2.75, 3.05) is 6.61 Å². The van der Waals surface area contributed by atoms with Crippen LogP contribution in [-0.4, -0.2) is 27.7 Å². The van der Waals surface area contributed by atoms with Gasteiger partial charge in [0.1, 0.15) is 11.1 Å². The van der Waals surface area contributed by atoms with Crippen LogP contribution in [-0.2, 0) is 14.9 Å². The summed E-state index contributed by atoms with van der Waals surface area (Å²) in [5, 5.41) is 3.94. The lowest BCUT2D eigenvalue weighted by atomic mass is 10.1. The zero-order chi connectivity index (χ0) is 14.2. The second-order valence-electron chi connectivity index (χ2n) is 4.89. The molecule has 2 aromatic heterocycles. The number of carbonyl (C=O) groups excluding carboxylic acids is 1. The Morgan fingerprint density at radius 3 is 2.95 bits per heavy atom. The number of ether oxygens (including phenoxy) is 1. The number of nitrogens with zero attached hydrogens (tertiary/aromatic N) is 3. The average molecular weight is 273 g/mol. The number of esters is 1. The Morgan fingerprint density at radius 1 is 1.50 bits per heavy atom. The van der Waals surface area contributed by atoms with Crippen LogP contribution in [0.15, 0.2) is 22.9 Å². The largest absolute Gasteiger partial charge is 0.465 e. The van der Waals surface area contributed by atoms with Crippen LogP contribution in [0.1, 0.15) is 31.2 Å². The summed E-state index contributed by atoms with van der Waals surface area (Å²) in [6.45, 7) is 4.06. The first-order valence-electron chi connectivity index (χ1n) is 6.61. The van der Waals surface area contributed by atoms with Crippen molar-refractivity contribution in [2.45, 2.75) is 32.1 Å². The molecule has 6 heteroatoms. The summed E-state index contributed by atoms with van der Waals surface area (Å²) in [7, 11) is 0. The van der Waals surface area contributed by atoms with Gasteiger partial charge in [-0.3, -0.25) is 9.78 Å². The Labute approximate surface area is 116 Å². The Bertz CT molecular complexity index is 647. The number of carbonyl (C=O) groups is 1. The van der Waals surface area contributed by atoms with Crippen LogP contribution in [0.4, 0.5) is 0 Å². The summed E-state index contributed by atoms with van der Waals surface area (Å²) in [5.41, 5.74) is 0.896. The third kappa shape index (κ3) is 1.97. The first kappa shape index (κ1) is 12.8. The van der Waals surface area contributed by atoms with Crippen LogP contribution in [0.3, 0.4) is 0 Å². The molecule has 0 saturated heterocycles. The summed E-state index contributed by atoms with van der Waals surface area (Å²) in [5.74, 6) is 0.456. The summed E-state index contributed by atoms with van der Waals surface area (Å²) < 4.78 is 10.3. The number of rotatable bonds is 4. The molecule has 2 aromatic rings. The third-order valence-corrected chi connectivity index (χ3v) is 3.47. The van der Waals surface area contributed by atoms with Gasteiger partial charge >= 0.3 is 5.97 Å². The van der Waals surface area contributed by atoms with Crippen LogP contribution in [0, 0.1) is 6.92 Å². The van der Waals surface area contributed by atoms with E-state index < -0.39 is 5.41 Å². The fraction of sp³-hybridized carbons (Fsp3) is 0.429. The SMILES string of the molecule is CCOC(=O)C1(c2nc(-c3ncccc3C)no2)CC1. The Hall–Kier alpha value is -2.24. The van der Waals surface area contributed by atoms with E-state index in [1.807, 2.05) is 19.1 Å². The van der Waals surface area contributed by atoms with Crippen molar-refractivity contribution >= 4 is 5.97 Å². The maximum atomic E-state index is 12.0. The van der Waals surface area contributed by atoms with E-state index >= 15 is 0 Å². The van der Waals surface area contributed by atoms with Gasteiger partial charge in [-0.05, 0) is 38.3 Å². The molecule has 1 fully saturated rings. The zero-order valence-electron chi connectivity index (χ0n) is 11.4. The lowest BCUT2D eigenvalue weighted by Gasteiger charge is -2.08. The molecule has 2 heterocycles. The van der Waals surface area contributed by atoms with Gasteiger partial charge in [0, 0.05) is 6.20 Å². The highest BCUT2D eigenvalue weighted by atomic mass is 16.5. The fourth-order valence-electron chi connectivity index (χ4n) is 2.13. The van der Waals surface area contributed by atoms with E-state index in [2.05, 4.69) is 15.1 Å². The minimum absolute atomic E-state index is 0.284. The summed E-state index contributed by atoms with van der Waals surface area (Å²) >= 11 is 0. The molecule has 3 rings (SSSR count). The average Bonchev–Trinajstić information content (AvgIpc) is 3.12. The van der Waals surface area contributed by atoms with E-state index in [1.54, 1.807) is 13.1 Å². The third-order valence-electron chi connectivity index (χ3n) is 3.47. The van der Waals surface area contributed by atoms with Gasteiger partial charge in [0.15, 0.2) is 0 Å². The molecule has 0 spiro atoms. The van der Waals surface area contributed by atoms with Crippen molar-refractivity contribution in [1.82, 2.24) is 15.1 Å². The quantitative estimate of drug-likeness (QED) is 0.793. The maximum absolute atomic E-state index is 12.0. The van der Waals surface area contributed by atoms with Crippen LogP contribution >= 0.6 is 0 Å². The molecule has 0 unspecified atom stereocenters. The predicted octanol–water partition coefficient (Wildman–Crippen LogP) is 2.03. The van der Waals surface area contributed by atoms with E-state index in [9.17, 15) is 4.79 Å². The molecule has 1 aliphatic carbocycles. The second kappa shape index (κ2) is 4.70. The molecule has 0 atom stereocenters. The number of aromatic nitrogens is 3. The highest BCUT2D eigenvalue weighted by molar-refractivity contribution is 5.85. The highest BCUT2D eigenvalue weighted by Gasteiger charge is 2.57. The van der Waals surface area contributed by atoms with Gasteiger partial charge < -0.3 is 9.26 Å². The smallest absolute Gasteiger partial charge is 0.321 e. The first-order chi connectivity index (χ1) is 9.67. The standard InChI is InChI=1S/C14H15N3O3/c1-3-19-13(18)14(6-7-14)12-16-11(17-20-12)10-9(2)5-4-8-15-10/h4-5,8H,3,6-7H2,1-2H3. The normalized spacial score (nSPS) is 15.9. The van der Waals surface area contributed by atoms with E-state index in [0.29, 0.717) is 36.9 Å². The molecule has 0 aromatic carbocycles. The van der Waals surface area contributed by atoms with Crippen molar-refractivity contribution in [2.24, 2.45) is 0 Å². The molecule has 1 saturated carbocycles. The molecule has 0 amide bonds. The van der Waals surface area contributed by atoms with E-state index in [0.717, 1.165) is 5.56 Å². The van der Waals surface area contributed by atoms with Gasteiger partial charge in [0.25, 0.3) is 0 Å². The van der Waals surface area contributed by atoms with E-state index in [-0.39, 0.29) is 5.97 Å². The van der Waals surface area contributed by atoms with Gasteiger partial charge in [0.2, 0.25) is 11.7 Å². The number of hydrogen-bond acceptors (Lipinski definition) is 6. The highest BCUT2D eigenvalue weighted by Crippen LogP contribution is 2.48. The molecule has 104 valence electrons. The zero-order valence-corrected chi connectivity index (χ0v) is 11.4. The molecular formula is C14H15N3O3. The van der Waals surface area contributed by atoms with Crippen molar-refractivity contribution in [1.29, 1.82) is 0 Å². The van der Waals surface area contributed by atoms with E-state index in [4.69, 9.17) is 9.26 Å². The molecular weight excluding hydrogens is 258 g/mol. The van der Waals surface area contributed by atoms with Gasteiger partial charge in [-0.1, -0.05) is 11.2 Å². The lowest BCUT2D eigenvalue weighted by Crippen LogP contribution is -2.23. The summed E-state index contributed by atoms with van der Waals surface area (Å²) in [6, 6.07) is 3.78. The Balaban J connectivity index is 1.92. The van der Waals surface area contributed by atoms with Gasteiger partial charge in [-0.2, -0.15) is 4.98 Å². The van der Waals surface area contributed by atoms with E-state index in [1.165, 1.54) is 0 Å². The number of aryl methyl sites for hydroxylation is 1. The summed E-state index contributed by atoms with van der Waals surface area (Å²) in [6.07, 6.45) is 3.06. The van der Waals surface area contributed by atoms with Crippen LogP contribution < -0.4 is 0 Å². The molecule has 1 aliphatic rings. The molecule has 6 nitrogen and oxygen atoms in total. The summed E-state index contributed by atoms with van der Waals surface area (Å²) in [4.78, 5) is 20.6. The first-order valence-corrected chi connectivity index (χ1v) is 6.61. The second-order valence-corrected chi connectivity index (χ2v) is 4.89. The number of hydrogen-bond donors (Lipinski definition) is 0. The van der Waals surface area contributed by atoms with Crippen LogP contribution in [0.2, 0.25) is 0 Å². The van der Waals surface area contributed by atoms with Crippen molar-refractivity contribution < 1.29 is 14.1 Å². The van der Waals surface area contributed by atoms with Gasteiger partial charge in [-0.25, -0.2) is 0 Å². The maximum Gasteiger partial charge on any atom is 0.321 e. The molecule has 0 radical (unpaired) electrons. The molecule has 20 heavy (non-hydrogen) atoms. The molecule has 0 aliphatic heterocycles. The number of pyridine rings is 1. The molecule has 0 bridgehead atoms. The van der Waals surface area contributed by atoms with Gasteiger partial charge in [0.05, 0.1) is 6.61 Å². The van der Waals surface area contributed by atoms with Crippen LogP contribution in [0.25, 0.3) is 11.5 Å². The van der Waals surface area contributed by atoms with Crippen LogP contribution in [0.5, 0.6) is 0 Å². The Morgan fingerprint density at radius 2 is 2.30 bits per heavy atom. The predicted molar refractivity (Wildman–Crippen MR) is 69.8 cm³/mol. The van der Waals surface area contributed by atoms with Crippen molar-refractivity contribution in [3.05, 3.63) is 29.8 Å². The molecule has 0 N–H and O–H groups in total.